The molecule has 4 rings (SSSR count). The molecule has 0 spiro atoms. The Morgan fingerprint density at radius 2 is 1.78 bits per heavy atom. The van der Waals surface area contributed by atoms with Crippen molar-refractivity contribution >= 4 is 35.0 Å². The molecule has 3 N–H and O–H groups in total. The molecule has 190 valence electrons. The third-order valence-electron chi connectivity index (χ3n) is 5.91. The van der Waals surface area contributed by atoms with E-state index >= 15 is 0 Å². The van der Waals surface area contributed by atoms with Crippen LogP contribution in [0.5, 0.6) is 0 Å². The zero-order valence-electron chi connectivity index (χ0n) is 20.1. The summed E-state index contributed by atoms with van der Waals surface area (Å²) in [6, 6.07) is 20.0. The Labute approximate surface area is 225 Å². The van der Waals surface area contributed by atoms with Crippen LogP contribution in [0, 0.1) is 0 Å². The lowest BCUT2D eigenvalue weighted by Crippen LogP contribution is -2.45. The third-order valence-corrected chi connectivity index (χ3v) is 6.65. The molecular formula is C28H27Cl2N5O2. The van der Waals surface area contributed by atoms with E-state index in [-0.39, 0.29) is 5.91 Å². The number of pyridine rings is 1. The van der Waals surface area contributed by atoms with Gasteiger partial charge in [0, 0.05) is 30.8 Å². The maximum absolute atomic E-state index is 12.5. The van der Waals surface area contributed by atoms with Crippen molar-refractivity contribution in [2.45, 2.75) is 38.1 Å². The topological polar surface area (TPSA) is 103 Å². The SMILES string of the molecule is NC(=O)C(Cc1ccccc1)NC(=O)CCCCc1cc(-c2cccnc2)n(-c2ccc(Cl)c(Cl)c2)n1. The summed E-state index contributed by atoms with van der Waals surface area (Å²) in [7, 11) is 0. The Bertz CT molecular complexity index is 1360. The fourth-order valence-corrected chi connectivity index (χ4v) is 4.31. The Kier molecular flexibility index (Phi) is 8.93. The van der Waals surface area contributed by atoms with E-state index in [4.69, 9.17) is 34.0 Å². The Hall–Kier alpha value is -3.68. The number of unbranched alkanes of at least 4 members (excludes halogenated alkanes) is 1. The van der Waals surface area contributed by atoms with Gasteiger partial charge in [0.1, 0.15) is 6.04 Å². The number of aromatic nitrogens is 3. The zero-order valence-corrected chi connectivity index (χ0v) is 21.6. The van der Waals surface area contributed by atoms with Crippen LogP contribution in [0.2, 0.25) is 10.0 Å². The standard InChI is InChI=1S/C28H27Cl2N5O2/c29-23-13-12-22(17-24(23)30)35-26(20-9-6-14-32-18-20)16-21(34-35)10-4-5-11-27(36)33-25(28(31)37)15-19-7-2-1-3-8-19/h1-3,6-9,12-14,16-18,25H,4-5,10-11,15H2,(H2,31,37)(H,33,36). The first-order valence-corrected chi connectivity index (χ1v) is 12.7. The second-order valence-electron chi connectivity index (χ2n) is 8.69. The van der Waals surface area contributed by atoms with Crippen LogP contribution in [0.25, 0.3) is 16.9 Å². The summed E-state index contributed by atoms with van der Waals surface area (Å²) in [5.74, 6) is -0.745. The Morgan fingerprint density at radius 3 is 2.49 bits per heavy atom. The summed E-state index contributed by atoms with van der Waals surface area (Å²) < 4.78 is 1.82. The van der Waals surface area contributed by atoms with E-state index in [1.54, 1.807) is 24.5 Å². The minimum atomic E-state index is -0.737. The van der Waals surface area contributed by atoms with E-state index in [0.29, 0.717) is 35.7 Å². The van der Waals surface area contributed by atoms with E-state index < -0.39 is 11.9 Å². The minimum Gasteiger partial charge on any atom is -0.368 e. The van der Waals surface area contributed by atoms with Gasteiger partial charge in [0.05, 0.1) is 27.1 Å². The monoisotopic (exact) mass is 535 g/mol. The number of hydrogen-bond donors (Lipinski definition) is 2. The van der Waals surface area contributed by atoms with Crippen LogP contribution in [0.4, 0.5) is 0 Å². The molecular weight excluding hydrogens is 509 g/mol. The largest absolute Gasteiger partial charge is 0.368 e. The fraction of sp³-hybridized carbons (Fsp3) is 0.214. The molecule has 0 aliphatic carbocycles. The second kappa shape index (κ2) is 12.5. The number of carbonyl (C=O) groups is 2. The number of nitrogens with one attached hydrogen (secondary N) is 1. The highest BCUT2D eigenvalue weighted by Crippen LogP contribution is 2.28. The molecule has 9 heteroatoms. The number of nitrogens with two attached hydrogens (primary N) is 1. The minimum absolute atomic E-state index is 0.197. The lowest BCUT2D eigenvalue weighted by atomic mass is 10.0. The highest BCUT2D eigenvalue weighted by atomic mass is 35.5. The fourth-order valence-electron chi connectivity index (χ4n) is 4.02. The highest BCUT2D eigenvalue weighted by Gasteiger charge is 2.18. The predicted octanol–water partition coefficient (Wildman–Crippen LogP) is 5.17. The molecule has 0 bridgehead atoms. The number of amides is 2. The Balaban J connectivity index is 1.37. The summed E-state index contributed by atoms with van der Waals surface area (Å²) >= 11 is 12.3. The molecule has 2 amide bonds. The van der Waals surface area contributed by atoms with Crippen LogP contribution in [-0.4, -0.2) is 32.6 Å². The molecule has 0 saturated heterocycles. The molecule has 1 atom stereocenters. The number of halogens is 2. The number of primary amides is 1. The van der Waals surface area contributed by atoms with Gasteiger partial charge in [-0.1, -0.05) is 53.5 Å². The van der Waals surface area contributed by atoms with Crippen molar-refractivity contribution in [1.82, 2.24) is 20.1 Å². The van der Waals surface area contributed by atoms with Crippen molar-refractivity contribution in [3.63, 3.8) is 0 Å². The number of nitrogens with zero attached hydrogens (tertiary/aromatic N) is 3. The van der Waals surface area contributed by atoms with E-state index in [2.05, 4.69) is 10.3 Å². The smallest absolute Gasteiger partial charge is 0.240 e. The van der Waals surface area contributed by atoms with Gasteiger partial charge in [0.2, 0.25) is 11.8 Å². The van der Waals surface area contributed by atoms with E-state index in [9.17, 15) is 9.59 Å². The van der Waals surface area contributed by atoms with Gasteiger partial charge in [0.15, 0.2) is 0 Å². The number of aryl methyl sites for hydroxylation is 1. The average molecular weight is 536 g/mol. The molecule has 1 unspecified atom stereocenters. The number of hydrogen-bond acceptors (Lipinski definition) is 4. The normalized spacial score (nSPS) is 11.7. The third kappa shape index (κ3) is 7.18. The predicted molar refractivity (Wildman–Crippen MR) is 146 cm³/mol. The van der Waals surface area contributed by atoms with Gasteiger partial charge in [-0.15, -0.1) is 0 Å². The van der Waals surface area contributed by atoms with Crippen LogP contribution in [0.15, 0.2) is 79.1 Å². The van der Waals surface area contributed by atoms with E-state index in [1.807, 2.05) is 59.3 Å². The van der Waals surface area contributed by atoms with Gasteiger partial charge in [-0.05, 0) is 61.2 Å². The molecule has 4 aromatic rings. The van der Waals surface area contributed by atoms with Crippen LogP contribution in [0.3, 0.4) is 0 Å². The van der Waals surface area contributed by atoms with Gasteiger partial charge in [-0.2, -0.15) is 5.10 Å². The lowest BCUT2D eigenvalue weighted by Gasteiger charge is -2.15. The molecule has 0 radical (unpaired) electrons. The molecule has 0 saturated carbocycles. The zero-order chi connectivity index (χ0) is 26.2. The first-order chi connectivity index (χ1) is 17.9. The van der Waals surface area contributed by atoms with Crippen LogP contribution < -0.4 is 11.1 Å². The molecule has 0 aliphatic rings. The van der Waals surface area contributed by atoms with Crippen LogP contribution in [-0.2, 0) is 22.4 Å². The summed E-state index contributed by atoms with van der Waals surface area (Å²) in [4.78, 5) is 28.5. The summed E-state index contributed by atoms with van der Waals surface area (Å²) in [6.45, 7) is 0. The van der Waals surface area contributed by atoms with Crippen molar-refractivity contribution < 1.29 is 9.59 Å². The molecule has 0 aliphatic heterocycles. The van der Waals surface area contributed by atoms with Crippen LogP contribution >= 0.6 is 23.2 Å². The summed E-state index contributed by atoms with van der Waals surface area (Å²) in [5.41, 5.74) is 9.91. The van der Waals surface area contributed by atoms with Crippen molar-refractivity contribution in [2.24, 2.45) is 5.73 Å². The van der Waals surface area contributed by atoms with Crippen LogP contribution in [0.1, 0.15) is 30.5 Å². The first kappa shape index (κ1) is 26.4. The number of benzene rings is 2. The molecule has 2 heterocycles. The molecule has 2 aromatic carbocycles. The number of rotatable bonds is 11. The van der Waals surface area contributed by atoms with Gasteiger partial charge < -0.3 is 11.1 Å². The van der Waals surface area contributed by atoms with Crippen molar-refractivity contribution in [2.75, 3.05) is 0 Å². The van der Waals surface area contributed by atoms with Crippen molar-refractivity contribution in [3.05, 3.63) is 100 Å². The Morgan fingerprint density at radius 1 is 0.973 bits per heavy atom. The molecule has 37 heavy (non-hydrogen) atoms. The van der Waals surface area contributed by atoms with Gasteiger partial charge in [0.25, 0.3) is 0 Å². The molecule has 0 fully saturated rings. The first-order valence-electron chi connectivity index (χ1n) is 12.0. The van der Waals surface area contributed by atoms with Gasteiger partial charge in [-0.3, -0.25) is 14.6 Å². The molecule has 2 aromatic heterocycles. The molecule has 7 nitrogen and oxygen atoms in total. The van der Waals surface area contributed by atoms with E-state index in [1.165, 1.54) is 0 Å². The maximum atomic E-state index is 12.5. The van der Waals surface area contributed by atoms with Gasteiger partial charge >= 0.3 is 0 Å². The summed E-state index contributed by atoms with van der Waals surface area (Å²) in [5, 5.41) is 8.47. The highest BCUT2D eigenvalue weighted by molar-refractivity contribution is 6.42. The second-order valence-corrected chi connectivity index (χ2v) is 9.51. The maximum Gasteiger partial charge on any atom is 0.240 e. The van der Waals surface area contributed by atoms with Gasteiger partial charge in [-0.25, -0.2) is 4.68 Å². The van der Waals surface area contributed by atoms with Crippen molar-refractivity contribution in [1.29, 1.82) is 0 Å². The lowest BCUT2D eigenvalue weighted by molar-refractivity contribution is -0.127. The van der Waals surface area contributed by atoms with Crippen molar-refractivity contribution in [3.8, 4) is 16.9 Å². The number of carbonyl (C=O) groups excluding carboxylic acids is 2. The quantitative estimate of drug-likeness (QED) is 0.258. The summed E-state index contributed by atoms with van der Waals surface area (Å²) in [6.07, 6.45) is 6.23. The van der Waals surface area contributed by atoms with E-state index in [0.717, 1.165) is 34.6 Å². The average Bonchev–Trinajstić information content (AvgIpc) is 3.33.